The van der Waals surface area contributed by atoms with Crippen LogP contribution < -0.4 is 5.32 Å². The predicted octanol–water partition coefficient (Wildman–Crippen LogP) is 3.27. The van der Waals surface area contributed by atoms with Crippen molar-refractivity contribution in [2.45, 2.75) is 6.54 Å². The molecule has 0 amide bonds. The van der Waals surface area contributed by atoms with Crippen LogP contribution in [0.5, 0.6) is 0 Å². The number of furan rings is 1. The van der Waals surface area contributed by atoms with Crippen LogP contribution in [-0.4, -0.2) is 6.54 Å². The second kappa shape index (κ2) is 4.51. The van der Waals surface area contributed by atoms with Crippen LogP contribution in [0.2, 0.25) is 0 Å². The highest BCUT2D eigenvalue weighted by atomic mass is 35.5. The van der Waals surface area contributed by atoms with Crippen molar-refractivity contribution < 1.29 is 4.42 Å². The summed E-state index contributed by atoms with van der Waals surface area (Å²) in [6.07, 6.45) is 0. The van der Waals surface area contributed by atoms with Crippen LogP contribution in [0, 0.1) is 0 Å². The molecule has 0 bridgehead atoms. The first-order valence-corrected chi connectivity index (χ1v) is 5.15. The maximum atomic E-state index is 5.64. The Bertz CT molecular complexity index is 442. The lowest BCUT2D eigenvalue weighted by Gasteiger charge is -1.98. The van der Waals surface area contributed by atoms with Gasteiger partial charge >= 0.3 is 0 Å². The van der Waals surface area contributed by atoms with Crippen molar-refractivity contribution in [1.29, 1.82) is 0 Å². The molecule has 0 spiro atoms. The van der Waals surface area contributed by atoms with Gasteiger partial charge in [0, 0.05) is 17.0 Å². The van der Waals surface area contributed by atoms with Crippen molar-refractivity contribution in [2.75, 3.05) is 6.54 Å². The normalized spacial score (nSPS) is 10.7. The molecule has 1 aromatic carbocycles. The molecule has 15 heavy (non-hydrogen) atoms. The molecule has 78 valence electrons. The standard InChI is InChI=1S/C12H12ClNO/c1-9(13)7-14-8-11-6-10-4-2-3-5-12(10)15-11/h2-6,14H,1,7-8H2. The van der Waals surface area contributed by atoms with E-state index in [9.17, 15) is 0 Å². The Labute approximate surface area is 93.5 Å². The zero-order chi connectivity index (χ0) is 10.7. The van der Waals surface area contributed by atoms with Gasteiger partial charge in [0.15, 0.2) is 0 Å². The number of para-hydroxylation sites is 1. The molecule has 0 aliphatic heterocycles. The van der Waals surface area contributed by atoms with Crippen molar-refractivity contribution in [2.24, 2.45) is 0 Å². The Kier molecular flexibility index (Phi) is 3.09. The van der Waals surface area contributed by atoms with Crippen LogP contribution >= 0.6 is 11.6 Å². The van der Waals surface area contributed by atoms with Crippen molar-refractivity contribution >= 4 is 22.6 Å². The highest BCUT2D eigenvalue weighted by Gasteiger charge is 2.01. The summed E-state index contributed by atoms with van der Waals surface area (Å²) in [7, 11) is 0. The molecule has 3 heteroatoms. The van der Waals surface area contributed by atoms with Crippen LogP contribution in [-0.2, 0) is 6.54 Å². The van der Waals surface area contributed by atoms with E-state index >= 15 is 0 Å². The van der Waals surface area contributed by atoms with Crippen molar-refractivity contribution in [1.82, 2.24) is 5.32 Å². The number of fused-ring (bicyclic) bond motifs is 1. The molecule has 1 N–H and O–H groups in total. The molecular weight excluding hydrogens is 210 g/mol. The molecule has 0 fully saturated rings. The molecular formula is C12H12ClNO. The zero-order valence-corrected chi connectivity index (χ0v) is 9.05. The van der Waals surface area contributed by atoms with Gasteiger partial charge in [0.25, 0.3) is 0 Å². The molecule has 1 heterocycles. The van der Waals surface area contributed by atoms with Crippen molar-refractivity contribution in [3.05, 3.63) is 47.7 Å². The number of hydrogen-bond acceptors (Lipinski definition) is 2. The fourth-order valence-electron chi connectivity index (χ4n) is 1.45. The highest BCUT2D eigenvalue weighted by Crippen LogP contribution is 2.18. The molecule has 0 radical (unpaired) electrons. The third-order valence-electron chi connectivity index (χ3n) is 2.09. The zero-order valence-electron chi connectivity index (χ0n) is 8.29. The maximum Gasteiger partial charge on any atom is 0.134 e. The lowest BCUT2D eigenvalue weighted by Crippen LogP contribution is -2.13. The summed E-state index contributed by atoms with van der Waals surface area (Å²) in [5, 5.41) is 4.86. The van der Waals surface area contributed by atoms with Gasteiger partial charge in [0.2, 0.25) is 0 Å². The van der Waals surface area contributed by atoms with E-state index in [2.05, 4.69) is 11.9 Å². The van der Waals surface area contributed by atoms with E-state index in [-0.39, 0.29) is 0 Å². The number of benzene rings is 1. The number of rotatable bonds is 4. The van der Waals surface area contributed by atoms with Gasteiger partial charge in [-0.25, -0.2) is 0 Å². The summed E-state index contributed by atoms with van der Waals surface area (Å²) in [5.74, 6) is 0.911. The minimum atomic E-state index is 0.596. The maximum absolute atomic E-state index is 5.64. The van der Waals surface area contributed by atoms with Gasteiger partial charge in [0.05, 0.1) is 6.54 Å². The Morgan fingerprint density at radius 2 is 2.20 bits per heavy atom. The van der Waals surface area contributed by atoms with E-state index in [1.54, 1.807) is 0 Å². The first-order valence-electron chi connectivity index (χ1n) is 4.77. The minimum Gasteiger partial charge on any atom is -0.460 e. The van der Waals surface area contributed by atoms with E-state index in [1.165, 1.54) is 0 Å². The second-order valence-electron chi connectivity index (χ2n) is 3.37. The summed E-state index contributed by atoms with van der Waals surface area (Å²) in [6, 6.07) is 9.97. The first kappa shape index (κ1) is 10.3. The van der Waals surface area contributed by atoms with Crippen LogP contribution in [0.3, 0.4) is 0 Å². The molecule has 2 nitrogen and oxygen atoms in total. The third-order valence-corrected chi connectivity index (χ3v) is 2.23. The van der Waals surface area contributed by atoms with E-state index < -0.39 is 0 Å². The van der Waals surface area contributed by atoms with Crippen LogP contribution in [0.1, 0.15) is 5.76 Å². The molecule has 0 unspecified atom stereocenters. The number of hydrogen-bond donors (Lipinski definition) is 1. The second-order valence-corrected chi connectivity index (χ2v) is 3.91. The molecule has 0 saturated carbocycles. The van der Waals surface area contributed by atoms with Crippen molar-refractivity contribution in [3.63, 3.8) is 0 Å². The molecule has 0 atom stereocenters. The summed E-state index contributed by atoms with van der Waals surface area (Å²) in [4.78, 5) is 0. The fourth-order valence-corrected chi connectivity index (χ4v) is 1.54. The van der Waals surface area contributed by atoms with Crippen LogP contribution in [0.15, 0.2) is 46.4 Å². The van der Waals surface area contributed by atoms with E-state index in [1.807, 2.05) is 30.3 Å². The van der Waals surface area contributed by atoms with E-state index in [4.69, 9.17) is 16.0 Å². The largest absolute Gasteiger partial charge is 0.460 e. The van der Waals surface area contributed by atoms with Crippen LogP contribution in [0.25, 0.3) is 11.0 Å². The van der Waals surface area contributed by atoms with Gasteiger partial charge < -0.3 is 9.73 Å². The average molecular weight is 222 g/mol. The minimum absolute atomic E-state index is 0.596. The smallest absolute Gasteiger partial charge is 0.134 e. The average Bonchev–Trinajstić information content (AvgIpc) is 2.59. The van der Waals surface area contributed by atoms with E-state index in [0.717, 1.165) is 16.7 Å². The molecule has 2 aromatic rings. The molecule has 0 aliphatic rings. The van der Waals surface area contributed by atoms with Gasteiger partial charge in [-0.15, -0.1) is 0 Å². The predicted molar refractivity (Wildman–Crippen MR) is 62.9 cm³/mol. The SMILES string of the molecule is C=C(Cl)CNCc1cc2ccccc2o1. The van der Waals surface area contributed by atoms with Gasteiger partial charge in [0.1, 0.15) is 11.3 Å². The quantitative estimate of drug-likeness (QED) is 0.857. The fraction of sp³-hybridized carbons (Fsp3) is 0.167. The Hall–Kier alpha value is -1.25. The molecule has 0 aliphatic carbocycles. The third kappa shape index (κ3) is 2.61. The first-order chi connectivity index (χ1) is 7.25. The number of halogens is 1. The summed E-state index contributed by atoms with van der Waals surface area (Å²) in [6.45, 7) is 4.86. The van der Waals surface area contributed by atoms with Crippen molar-refractivity contribution in [3.8, 4) is 0 Å². The monoisotopic (exact) mass is 221 g/mol. The Morgan fingerprint density at radius 1 is 1.40 bits per heavy atom. The Balaban J connectivity index is 2.05. The molecule has 1 aromatic heterocycles. The van der Waals surface area contributed by atoms with Gasteiger partial charge in [-0.1, -0.05) is 36.4 Å². The van der Waals surface area contributed by atoms with Crippen LogP contribution in [0.4, 0.5) is 0 Å². The van der Waals surface area contributed by atoms with Gasteiger partial charge in [-0.05, 0) is 12.1 Å². The summed E-state index contributed by atoms with van der Waals surface area (Å²) < 4.78 is 5.61. The Morgan fingerprint density at radius 3 is 2.93 bits per heavy atom. The lowest BCUT2D eigenvalue weighted by molar-refractivity contribution is 0.523. The highest BCUT2D eigenvalue weighted by molar-refractivity contribution is 6.29. The molecule has 0 saturated heterocycles. The van der Waals surface area contributed by atoms with E-state index in [0.29, 0.717) is 18.1 Å². The topological polar surface area (TPSA) is 25.2 Å². The van der Waals surface area contributed by atoms with Gasteiger partial charge in [-0.3, -0.25) is 0 Å². The number of nitrogens with one attached hydrogen (secondary N) is 1. The molecule has 2 rings (SSSR count). The van der Waals surface area contributed by atoms with Gasteiger partial charge in [-0.2, -0.15) is 0 Å². The summed E-state index contributed by atoms with van der Waals surface area (Å²) >= 11 is 5.64. The summed E-state index contributed by atoms with van der Waals surface area (Å²) in [5.41, 5.74) is 0.916. The lowest BCUT2D eigenvalue weighted by atomic mass is 10.2.